The van der Waals surface area contributed by atoms with Gasteiger partial charge in [0.25, 0.3) is 0 Å². The SMILES string of the molecule is C[C@H]1CNCCCN1Sc1cccc2cncc(F)c12. The number of hydrogen-bond donors (Lipinski definition) is 1. The molecule has 1 aromatic heterocycles. The molecule has 0 radical (unpaired) electrons. The molecular formula is C15H18FN3S. The lowest BCUT2D eigenvalue weighted by Gasteiger charge is -2.25. The number of aromatic nitrogens is 1. The normalized spacial score (nSPS) is 21.0. The summed E-state index contributed by atoms with van der Waals surface area (Å²) in [7, 11) is 0. The fourth-order valence-electron chi connectivity index (χ4n) is 2.49. The van der Waals surface area contributed by atoms with Gasteiger partial charge in [0.2, 0.25) is 0 Å². The third kappa shape index (κ3) is 2.80. The van der Waals surface area contributed by atoms with Crippen LogP contribution in [-0.4, -0.2) is 35.0 Å². The van der Waals surface area contributed by atoms with Crippen molar-refractivity contribution in [3.8, 4) is 0 Å². The molecule has 2 heterocycles. The third-order valence-corrected chi connectivity index (χ3v) is 4.89. The standard InChI is InChI=1S/C15H18FN3S/c1-11-8-17-6-3-7-19(11)20-14-5-2-4-12-9-18-10-13(16)15(12)14/h2,4-5,9-11,17H,3,6-8H2,1H3/t11-/m0/s1. The van der Waals surface area contributed by atoms with Crippen LogP contribution in [0.1, 0.15) is 13.3 Å². The lowest BCUT2D eigenvalue weighted by atomic mass is 10.2. The van der Waals surface area contributed by atoms with Crippen LogP contribution in [0.2, 0.25) is 0 Å². The Bertz CT molecular complexity index is 599. The Morgan fingerprint density at radius 3 is 3.20 bits per heavy atom. The fraction of sp³-hybridized carbons (Fsp3) is 0.400. The van der Waals surface area contributed by atoms with Gasteiger partial charge in [0, 0.05) is 41.0 Å². The van der Waals surface area contributed by atoms with Crippen LogP contribution in [0.5, 0.6) is 0 Å². The van der Waals surface area contributed by atoms with Gasteiger partial charge in [0.1, 0.15) is 5.82 Å². The van der Waals surface area contributed by atoms with Gasteiger partial charge in [-0.25, -0.2) is 8.70 Å². The van der Waals surface area contributed by atoms with E-state index in [1.54, 1.807) is 18.1 Å². The average Bonchev–Trinajstić information content (AvgIpc) is 2.65. The number of fused-ring (bicyclic) bond motifs is 1. The highest BCUT2D eigenvalue weighted by atomic mass is 32.2. The molecule has 5 heteroatoms. The summed E-state index contributed by atoms with van der Waals surface area (Å²) in [5.74, 6) is -0.244. The smallest absolute Gasteiger partial charge is 0.150 e. The molecule has 0 spiro atoms. The van der Waals surface area contributed by atoms with Gasteiger partial charge in [-0.2, -0.15) is 0 Å². The quantitative estimate of drug-likeness (QED) is 0.861. The van der Waals surface area contributed by atoms with Crippen molar-refractivity contribution in [1.82, 2.24) is 14.6 Å². The van der Waals surface area contributed by atoms with E-state index in [1.165, 1.54) is 6.20 Å². The molecule has 1 aromatic carbocycles. The van der Waals surface area contributed by atoms with Gasteiger partial charge in [-0.1, -0.05) is 12.1 Å². The second-order valence-electron chi connectivity index (χ2n) is 5.11. The molecule has 0 unspecified atom stereocenters. The number of hydrogen-bond acceptors (Lipinski definition) is 4. The van der Waals surface area contributed by atoms with E-state index in [9.17, 15) is 4.39 Å². The summed E-state index contributed by atoms with van der Waals surface area (Å²) in [5.41, 5.74) is 0. The number of halogens is 1. The molecule has 1 aliphatic heterocycles. The zero-order valence-corrected chi connectivity index (χ0v) is 12.3. The summed E-state index contributed by atoms with van der Waals surface area (Å²) in [6.45, 7) is 5.24. The Kier molecular flexibility index (Phi) is 4.19. The van der Waals surface area contributed by atoms with Gasteiger partial charge < -0.3 is 5.32 Å². The van der Waals surface area contributed by atoms with Crippen molar-refractivity contribution in [3.63, 3.8) is 0 Å². The largest absolute Gasteiger partial charge is 0.315 e. The predicted octanol–water partition coefficient (Wildman–Crippen LogP) is 3.06. The van der Waals surface area contributed by atoms with Crippen LogP contribution in [0.25, 0.3) is 10.8 Å². The molecule has 0 saturated carbocycles. The Morgan fingerprint density at radius 1 is 1.40 bits per heavy atom. The van der Waals surface area contributed by atoms with Gasteiger partial charge in [0.15, 0.2) is 0 Å². The van der Waals surface area contributed by atoms with E-state index in [0.717, 1.165) is 36.3 Å². The number of pyridine rings is 1. The maximum atomic E-state index is 14.1. The Balaban J connectivity index is 1.94. The third-order valence-electron chi connectivity index (χ3n) is 3.58. The van der Waals surface area contributed by atoms with Crippen molar-refractivity contribution in [3.05, 3.63) is 36.4 Å². The highest BCUT2D eigenvalue weighted by Gasteiger charge is 2.19. The van der Waals surface area contributed by atoms with Gasteiger partial charge in [0.05, 0.1) is 6.20 Å². The van der Waals surface area contributed by atoms with E-state index in [4.69, 9.17) is 0 Å². The second-order valence-corrected chi connectivity index (χ2v) is 6.21. The van der Waals surface area contributed by atoms with Gasteiger partial charge in [-0.3, -0.25) is 4.98 Å². The molecule has 1 fully saturated rings. The summed E-state index contributed by atoms with van der Waals surface area (Å²) in [6.07, 6.45) is 4.13. The molecule has 0 amide bonds. The van der Waals surface area contributed by atoms with Crippen molar-refractivity contribution < 1.29 is 4.39 Å². The molecule has 1 atom stereocenters. The van der Waals surface area contributed by atoms with Crippen LogP contribution in [0.4, 0.5) is 4.39 Å². The molecule has 1 saturated heterocycles. The maximum absolute atomic E-state index is 14.1. The Labute approximate surface area is 122 Å². The molecule has 20 heavy (non-hydrogen) atoms. The summed E-state index contributed by atoms with van der Waals surface area (Å²) in [4.78, 5) is 4.89. The summed E-state index contributed by atoms with van der Waals surface area (Å²) in [6, 6.07) is 6.29. The van der Waals surface area contributed by atoms with Crippen LogP contribution in [-0.2, 0) is 0 Å². The topological polar surface area (TPSA) is 28.2 Å². The van der Waals surface area contributed by atoms with Crippen molar-refractivity contribution in [1.29, 1.82) is 0 Å². The maximum Gasteiger partial charge on any atom is 0.150 e. The lowest BCUT2D eigenvalue weighted by Crippen LogP contribution is -2.32. The van der Waals surface area contributed by atoms with Crippen LogP contribution in [0.3, 0.4) is 0 Å². The van der Waals surface area contributed by atoms with Gasteiger partial charge >= 0.3 is 0 Å². The number of nitrogens with zero attached hydrogens (tertiary/aromatic N) is 2. The fourth-order valence-corrected chi connectivity index (χ4v) is 3.66. The first-order valence-electron chi connectivity index (χ1n) is 6.93. The molecule has 106 valence electrons. The van der Waals surface area contributed by atoms with Crippen LogP contribution in [0, 0.1) is 5.82 Å². The predicted molar refractivity (Wildman–Crippen MR) is 81.2 cm³/mol. The van der Waals surface area contributed by atoms with Crippen molar-refractivity contribution in [2.45, 2.75) is 24.3 Å². The number of benzene rings is 1. The van der Waals surface area contributed by atoms with Crippen LogP contribution in [0.15, 0.2) is 35.5 Å². The first-order valence-corrected chi connectivity index (χ1v) is 7.70. The molecule has 3 nitrogen and oxygen atoms in total. The zero-order valence-electron chi connectivity index (χ0n) is 11.5. The lowest BCUT2D eigenvalue weighted by molar-refractivity contribution is 0.394. The van der Waals surface area contributed by atoms with Crippen molar-refractivity contribution in [2.24, 2.45) is 0 Å². The molecule has 0 aliphatic carbocycles. The van der Waals surface area contributed by atoms with Gasteiger partial charge in [-0.05, 0) is 37.9 Å². The van der Waals surface area contributed by atoms with Crippen molar-refractivity contribution >= 4 is 22.7 Å². The average molecular weight is 291 g/mol. The minimum absolute atomic E-state index is 0.244. The van der Waals surface area contributed by atoms with E-state index in [-0.39, 0.29) is 5.82 Å². The van der Waals surface area contributed by atoms with E-state index in [0.29, 0.717) is 11.4 Å². The number of nitrogens with one attached hydrogen (secondary N) is 1. The van der Waals surface area contributed by atoms with Crippen LogP contribution >= 0.6 is 11.9 Å². The van der Waals surface area contributed by atoms with E-state index >= 15 is 0 Å². The Hall–Kier alpha value is -1.17. The monoisotopic (exact) mass is 291 g/mol. The summed E-state index contributed by atoms with van der Waals surface area (Å²) >= 11 is 1.66. The highest BCUT2D eigenvalue weighted by molar-refractivity contribution is 7.97. The minimum Gasteiger partial charge on any atom is -0.315 e. The van der Waals surface area contributed by atoms with Crippen molar-refractivity contribution in [2.75, 3.05) is 19.6 Å². The van der Waals surface area contributed by atoms with Crippen LogP contribution < -0.4 is 5.32 Å². The molecule has 1 N–H and O–H groups in total. The minimum atomic E-state index is -0.244. The summed E-state index contributed by atoms with van der Waals surface area (Å²) in [5, 5.41) is 4.96. The molecular weight excluding hydrogens is 273 g/mol. The van der Waals surface area contributed by atoms with E-state index < -0.39 is 0 Å². The van der Waals surface area contributed by atoms with Gasteiger partial charge in [-0.15, -0.1) is 0 Å². The molecule has 1 aliphatic rings. The molecule has 2 aromatic rings. The van der Waals surface area contributed by atoms with E-state index in [1.807, 2.05) is 18.2 Å². The zero-order chi connectivity index (χ0) is 13.9. The Morgan fingerprint density at radius 2 is 2.30 bits per heavy atom. The second kappa shape index (κ2) is 6.08. The summed E-state index contributed by atoms with van der Waals surface area (Å²) < 4.78 is 16.4. The number of rotatable bonds is 2. The van der Waals surface area contributed by atoms with E-state index in [2.05, 4.69) is 21.5 Å². The molecule has 0 bridgehead atoms. The molecule has 3 rings (SSSR count). The first-order chi connectivity index (χ1) is 9.75. The first kappa shape index (κ1) is 13.8. The highest BCUT2D eigenvalue weighted by Crippen LogP contribution is 2.33.